The number of nitrogens with zero attached hydrogens (tertiary/aromatic N) is 2. The number of anilines is 2. The summed E-state index contributed by atoms with van der Waals surface area (Å²) in [7, 11) is -3.67. The molecule has 0 saturated heterocycles. The van der Waals surface area contributed by atoms with E-state index in [1.54, 1.807) is 6.20 Å². The van der Waals surface area contributed by atoms with Gasteiger partial charge in [-0.25, -0.2) is 13.4 Å². The van der Waals surface area contributed by atoms with Gasteiger partial charge in [-0.15, -0.1) is 0 Å². The Labute approximate surface area is 140 Å². The van der Waals surface area contributed by atoms with Crippen molar-refractivity contribution in [3.63, 3.8) is 0 Å². The Bertz CT molecular complexity index is 809. The van der Waals surface area contributed by atoms with E-state index < -0.39 is 20.4 Å². The Morgan fingerprint density at radius 2 is 1.88 bits per heavy atom. The molecule has 8 nitrogen and oxygen atoms in total. The van der Waals surface area contributed by atoms with Gasteiger partial charge in [0, 0.05) is 25.5 Å². The molecule has 0 unspecified atom stereocenters. The van der Waals surface area contributed by atoms with Crippen molar-refractivity contribution in [1.82, 2.24) is 4.98 Å². The van der Waals surface area contributed by atoms with E-state index in [0.717, 1.165) is 12.1 Å². The minimum Gasteiger partial charge on any atom is -0.379 e. The van der Waals surface area contributed by atoms with Crippen LogP contribution in [-0.4, -0.2) is 37.7 Å². The SMILES string of the molecule is CS(=O)(=O)c1cccc(NCCCNc2ccccn2)c1[N+](=O)[O-]. The lowest BCUT2D eigenvalue weighted by Crippen LogP contribution is -2.12. The van der Waals surface area contributed by atoms with Gasteiger partial charge in [0.05, 0.1) is 4.92 Å². The molecule has 9 heteroatoms. The molecule has 0 aliphatic rings. The van der Waals surface area contributed by atoms with Crippen LogP contribution in [0.3, 0.4) is 0 Å². The zero-order chi connectivity index (χ0) is 17.6. The lowest BCUT2D eigenvalue weighted by molar-refractivity contribution is -0.386. The van der Waals surface area contributed by atoms with Crippen LogP contribution in [0.1, 0.15) is 6.42 Å². The highest BCUT2D eigenvalue weighted by Crippen LogP contribution is 2.31. The van der Waals surface area contributed by atoms with Gasteiger partial charge in [0.2, 0.25) is 0 Å². The van der Waals surface area contributed by atoms with E-state index in [4.69, 9.17) is 0 Å². The van der Waals surface area contributed by atoms with Crippen LogP contribution in [0, 0.1) is 10.1 Å². The predicted molar refractivity (Wildman–Crippen MR) is 92.0 cm³/mol. The van der Waals surface area contributed by atoms with Crippen molar-refractivity contribution in [3.8, 4) is 0 Å². The maximum atomic E-state index is 11.7. The van der Waals surface area contributed by atoms with E-state index in [9.17, 15) is 18.5 Å². The molecule has 0 radical (unpaired) electrons. The minimum atomic E-state index is -3.67. The van der Waals surface area contributed by atoms with Gasteiger partial charge in [0.15, 0.2) is 9.84 Å². The topological polar surface area (TPSA) is 114 Å². The first-order valence-electron chi connectivity index (χ1n) is 7.26. The smallest absolute Gasteiger partial charge is 0.310 e. The number of pyridine rings is 1. The van der Waals surface area contributed by atoms with Crippen LogP contribution in [0.25, 0.3) is 0 Å². The maximum absolute atomic E-state index is 11.7. The summed E-state index contributed by atoms with van der Waals surface area (Å²) >= 11 is 0. The number of hydrogen-bond acceptors (Lipinski definition) is 7. The van der Waals surface area contributed by atoms with E-state index in [1.807, 2.05) is 18.2 Å². The number of hydrogen-bond donors (Lipinski definition) is 2. The molecular weight excluding hydrogens is 332 g/mol. The Morgan fingerprint density at radius 3 is 2.50 bits per heavy atom. The van der Waals surface area contributed by atoms with Gasteiger partial charge < -0.3 is 10.6 Å². The average Bonchev–Trinajstić information content (AvgIpc) is 2.54. The molecule has 24 heavy (non-hydrogen) atoms. The zero-order valence-corrected chi connectivity index (χ0v) is 13.9. The largest absolute Gasteiger partial charge is 0.379 e. The summed E-state index contributed by atoms with van der Waals surface area (Å²) in [6, 6.07) is 9.75. The molecule has 0 aliphatic carbocycles. The number of nitro groups is 1. The summed E-state index contributed by atoms with van der Waals surface area (Å²) in [5.74, 6) is 0.752. The maximum Gasteiger partial charge on any atom is 0.310 e. The normalized spacial score (nSPS) is 11.0. The van der Waals surface area contributed by atoms with Crippen LogP contribution in [0.5, 0.6) is 0 Å². The summed E-state index contributed by atoms with van der Waals surface area (Å²) < 4.78 is 23.4. The molecule has 0 aliphatic heterocycles. The highest BCUT2D eigenvalue weighted by atomic mass is 32.2. The predicted octanol–water partition coefficient (Wildman–Crippen LogP) is 2.31. The number of para-hydroxylation sites is 1. The van der Waals surface area contributed by atoms with Crippen LogP contribution in [0.15, 0.2) is 47.5 Å². The van der Waals surface area contributed by atoms with Crippen molar-refractivity contribution in [2.24, 2.45) is 0 Å². The number of sulfone groups is 1. The number of nitro benzene ring substituents is 1. The summed E-state index contributed by atoms with van der Waals surface area (Å²) in [5, 5.41) is 17.3. The van der Waals surface area contributed by atoms with E-state index in [2.05, 4.69) is 15.6 Å². The van der Waals surface area contributed by atoms with Crippen LogP contribution in [-0.2, 0) is 9.84 Å². The fraction of sp³-hybridized carbons (Fsp3) is 0.267. The van der Waals surface area contributed by atoms with E-state index in [1.165, 1.54) is 18.2 Å². The molecule has 0 saturated carbocycles. The summed E-state index contributed by atoms with van der Waals surface area (Å²) in [6.45, 7) is 1.08. The highest BCUT2D eigenvalue weighted by Gasteiger charge is 2.25. The Morgan fingerprint density at radius 1 is 1.12 bits per heavy atom. The minimum absolute atomic E-state index is 0.195. The summed E-state index contributed by atoms with van der Waals surface area (Å²) in [4.78, 5) is 14.4. The second kappa shape index (κ2) is 7.73. The standard InChI is InChI=1S/C15H18N4O4S/c1-24(22,23)13-7-4-6-12(15(13)19(20)21)16-10-5-11-18-14-8-2-3-9-17-14/h2-4,6-9,16H,5,10-11H2,1H3,(H,17,18). The molecular formula is C15H18N4O4S. The monoisotopic (exact) mass is 350 g/mol. The molecule has 0 fully saturated rings. The molecule has 0 spiro atoms. The molecule has 0 bridgehead atoms. The highest BCUT2D eigenvalue weighted by molar-refractivity contribution is 7.90. The quantitative estimate of drug-likeness (QED) is 0.426. The van der Waals surface area contributed by atoms with E-state index >= 15 is 0 Å². The van der Waals surface area contributed by atoms with Gasteiger partial charge in [-0.05, 0) is 30.7 Å². The Balaban J connectivity index is 1.99. The van der Waals surface area contributed by atoms with Gasteiger partial charge in [0.1, 0.15) is 16.4 Å². The first-order chi connectivity index (χ1) is 11.4. The molecule has 0 atom stereocenters. The molecule has 2 N–H and O–H groups in total. The van der Waals surface area contributed by atoms with Gasteiger partial charge in [0.25, 0.3) is 0 Å². The van der Waals surface area contributed by atoms with Gasteiger partial charge in [-0.3, -0.25) is 10.1 Å². The van der Waals surface area contributed by atoms with Crippen molar-refractivity contribution in [3.05, 3.63) is 52.7 Å². The molecule has 1 aromatic carbocycles. The molecule has 1 aromatic heterocycles. The average molecular weight is 350 g/mol. The third-order valence-electron chi connectivity index (χ3n) is 3.22. The van der Waals surface area contributed by atoms with Gasteiger partial charge in [-0.2, -0.15) is 0 Å². The van der Waals surface area contributed by atoms with Crippen LogP contribution in [0.2, 0.25) is 0 Å². The summed E-state index contributed by atoms with van der Waals surface area (Å²) in [6.07, 6.45) is 3.31. The van der Waals surface area contributed by atoms with E-state index in [0.29, 0.717) is 19.5 Å². The van der Waals surface area contributed by atoms with Crippen LogP contribution < -0.4 is 10.6 Å². The molecule has 2 rings (SSSR count). The fourth-order valence-corrected chi connectivity index (χ4v) is 3.01. The molecule has 128 valence electrons. The lowest BCUT2D eigenvalue weighted by Gasteiger charge is -2.10. The zero-order valence-electron chi connectivity index (χ0n) is 13.1. The first-order valence-corrected chi connectivity index (χ1v) is 9.15. The van der Waals surface area contributed by atoms with Crippen LogP contribution >= 0.6 is 0 Å². The van der Waals surface area contributed by atoms with Crippen molar-refractivity contribution < 1.29 is 13.3 Å². The summed E-state index contributed by atoms with van der Waals surface area (Å²) in [5.41, 5.74) is -0.224. The van der Waals surface area contributed by atoms with Crippen molar-refractivity contribution in [2.45, 2.75) is 11.3 Å². The first kappa shape index (κ1) is 17.7. The number of rotatable bonds is 8. The third kappa shape index (κ3) is 4.66. The second-order valence-electron chi connectivity index (χ2n) is 5.10. The third-order valence-corrected chi connectivity index (χ3v) is 4.35. The van der Waals surface area contributed by atoms with E-state index in [-0.39, 0.29) is 10.6 Å². The molecule has 0 amide bonds. The van der Waals surface area contributed by atoms with Crippen molar-refractivity contribution >= 4 is 27.0 Å². The number of benzene rings is 1. The number of nitrogens with one attached hydrogen (secondary N) is 2. The second-order valence-corrected chi connectivity index (χ2v) is 7.09. The van der Waals surface area contributed by atoms with Crippen molar-refractivity contribution in [1.29, 1.82) is 0 Å². The molecule has 1 heterocycles. The van der Waals surface area contributed by atoms with Crippen LogP contribution in [0.4, 0.5) is 17.2 Å². The Kier molecular flexibility index (Phi) is 5.69. The molecule has 2 aromatic rings. The van der Waals surface area contributed by atoms with Gasteiger partial charge in [-0.1, -0.05) is 12.1 Å². The van der Waals surface area contributed by atoms with Crippen molar-refractivity contribution in [2.75, 3.05) is 30.0 Å². The fourth-order valence-electron chi connectivity index (χ4n) is 2.15. The van der Waals surface area contributed by atoms with Gasteiger partial charge >= 0.3 is 5.69 Å². The number of aromatic nitrogens is 1. The Hall–Kier alpha value is -2.68. The lowest BCUT2D eigenvalue weighted by atomic mass is 10.2.